The second-order valence-corrected chi connectivity index (χ2v) is 6.03. The van der Waals surface area contributed by atoms with Crippen molar-refractivity contribution in [3.05, 3.63) is 45.3 Å². The lowest BCUT2D eigenvalue weighted by Crippen LogP contribution is -2.42. The third-order valence-electron chi connectivity index (χ3n) is 4.11. The number of piperidine rings is 1. The highest BCUT2D eigenvalue weighted by Crippen LogP contribution is 2.21. The minimum absolute atomic E-state index is 0.0303. The Kier molecular flexibility index (Phi) is 4.09. The Labute approximate surface area is 136 Å². The van der Waals surface area contributed by atoms with Crippen LogP contribution in [0.1, 0.15) is 23.2 Å². The molecule has 3 rings (SSSR count). The lowest BCUT2D eigenvalue weighted by Gasteiger charge is -2.30. The number of hydrogen-bond donors (Lipinski definition) is 1. The normalized spacial score (nSPS) is 15.8. The molecule has 7 heteroatoms. The maximum Gasteiger partial charge on any atom is 0.349 e. The van der Waals surface area contributed by atoms with Crippen LogP contribution in [0.15, 0.2) is 33.5 Å². The molecule has 1 saturated heterocycles. The van der Waals surface area contributed by atoms with Crippen LogP contribution >= 0.6 is 11.6 Å². The Morgan fingerprint density at radius 3 is 2.57 bits per heavy atom. The smallest absolute Gasteiger partial charge is 0.349 e. The van der Waals surface area contributed by atoms with Crippen molar-refractivity contribution in [2.75, 3.05) is 13.1 Å². The quantitative estimate of drug-likeness (QED) is 0.847. The van der Waals surface area contributed by atoms with Crippen molar-refractivity contribution in [1.29, 1.82) is 0 Å². The molecule has 1 aliphatic rings. The number of likely N-dealkylation sites (tertiary alicyclic amines) is 1. The Morgan fingerprint density at radius 1 is 1.22 bits per heavy atom. The highest BCUT2D eigenvalue weighted by molar-refractivity contribution is 6.31. The van der Waals surface area contributed by atoms with Gasteiger partial charge in [0.2, 0.25) is 5.91 Å². The molecule has 23 heavy (non-hydrogen) atoms. The molecule has 2 amide bonds. The average Bonchev–Trinajstić information content (AvgIpc) is 2.54. The standard InChI is InChI=1S/C16H15ClN2O4/c17-11-1-2-13-10(7-11)8-12(16(22)23-13)15(21)19-5-3-9(4-6-19)14(18)20/h1-2,7-9H,3-6H2,(H2,18,20). The SMILES string of the molecule is NC(=O)C1CCN(C(=O)c2cc3cc(Cl)ccc3oc2=O)CC1. The number of hydrogen-bond acceptors (Lipinski definition) is 4. The van der Waals surface area contributed by atoms with E-state index < -0.39 is 11.5 Å². The van der Waals surface area contributed by atoms with E-state index in [4.69, 9.17) is 21.8 Å². The van der Waals surface area contributed by atoms with Gasteiger partial charge in [-0.2, -0.15) is 0 Å². The summed E-state index contributed by atoms with van der Waals surface area (Å²) in [5.41, 5.74) is 4.95. The van der Waals surface area contributed by atoms with Crippen LogP contribution < -0.4 is 11.4 Å². The zero-order valence-electron chi connectivity index (χ0n) is 12.3. The summed E-state index contributed by atoms with van der Waals surface area (Å²) in [6.07, 6.45) is 1.01. The molecule has 0 spiro atoms. The van der Waals surface area contributed by atoms with Gasteiger partial charge in [0.1, 0.15) is 11.1 Å². The predicted octanol–water partition coefficient (Wildman–Crippen LogP) is 1.78. The van der Waals surface area contributed by atoms with Gasteiger partial charge >= 0.3 is 5.63 Å². The Hall–Kier alpha value is -2.34. The first-order chi connectivity index (χ1) is 11.0. The predicted molar refractivity (Wildman–Crippen MR) is 85.3 cm³/mol. The van der Waals surface area contributed by atoms with E-state index in [1.807, 2.05) is 0 Å². The van der Waals surface area contributed by atoms with Gasteiger partial charge in [-0.25, -0.2) is 4.79 Å². The van der Waals surface area contributed by atoms with Gasteiger partial charge in [-0.15, -0.1) is 0 Å². The summed E-state index contributed by atoms with van der Waals surface area (Å²) in [6, 6.07) is 6.33. The van der Waals surface area contributed by atoms with Crippen LogP contribution in [-0.2, 0) is 4.79 Å². The molecular formula is C16H15ClN2O4. The first-order valence-corrected chi connectivity index (χ1v) is 7.65. The molecule has 0 aliphatic carbocycles. The van der Waals surface area contributed by atoms with E-state index >= 15 is 0 Å². The van der Waals surface area contributed by atoms with Crippen LogP contribution in [-0.4, -0.2) is 29.8 Å². The van der Waals surface area contributed by atoms with Crippen LogP contribution in [0.2, 0.25) is 5.02 Å². The van der Waals surface area contributed by atoms with E-state index in [2.05, 4.69) is 0 Å². The van der Waals surface area contributed by atoms with Crippen LogP contribution in [0.4, 0.5) is 0 Å². The number of amides is 2. The molecule has 1 aromatic heterocycles. The van der Waals surface area contributed by atoms with Crippen LogP contribution in [0.5, 0.6) is 0 Å². The first-order valence-electron chi connectivity index (χ1n) is 7.27. The van der Waals surface area contributed by atoms with Gasteiger partial charge in [-0.05, 0) is 37.1 Å². The summed E-state index contributed by atoms with van der Waals surface area (Å²) in [6.45, 7) is 0.777. The van der Waals surface area contributed by atoms with Gasteiger partial charge in [0, 0.05) is 29.4 Å². The van der Waals surface area contributed by atoms with Crippen molar-refractivity contribution >= 4 is 34.4 Å². The fraction of sp³-hybridized carbons (Fsp3) is 0.312. The highest BCUT2D eigenvalue weighted by atomic mass is 35.5. The maximum atomic E-state index is 12.5. The zero-order chi connectivity index (χ0) is 16.6. The minimum atomic E-state index is -0.679. The van der Waals surface area contributed by atoms with Gasteiger partial charge in [0.25, 0.3) is 5.91 Å². The van der Waals surface area contributed by atoms with Crippen LogP contribution in [0.3, 0.4) is 0 Å². The van der Waals surface area contributed by atoms with Crippen molar-refractivity contribution in [1.82, 2.24) is 4.90 Å². The molecular weight excluding hydrogens is 320 g/mol. The largest absolute Gasteiger partial charge is 0.422 e. The lowest BCUT2D eigenvalue weighted by molar-refractivity contribution is -0.123. The zero-order valence-corrected chi connectivity index (χ0v) is 13.0. The van der Waals surface area contributed by atoms with E-state index in [-0.39, 0.29) is 17.4 Å². The summed E-state index contributed by atoms with van der Waals surface area (Å²) >= 11 is 5.93. The van der Waals surface area contributed by atoms with Crippen molar-refractivity contribution in [2.45, 2.75) is 12.8 Å². The van der Waals surface area contributed by atoms with Gasteiger partial charge in [-0.3, -0.25) is 9.59 Å². The monoisotopic (exact) mass is 334 g/mol. The maximum absolute atomic E-state index is 12.5. The Balaban J connectivity index is 1.88. The second kappa shape index (κ2) is 6.04. The van der Waals surface area contributed by atoms with Gasteiger partial charge in [0.05, 0.1) is 0 Å². The fourth-order valence-corrected chi connectivity index (χ4v) is 2.96. The van der Waals surface area contributed by atoms with Crippen LogP contribution in [0.25, 0.3) is 11.0 Å². The average molecular weight is 335 g/mol. The minimum Gasteiger partial charge on any atom is -0.422 e. The number of rotatable bonds is 2. The molecule has 1 aromatic carbocycles. The molecule has 0 radical (unpaired) electrons. The molecule has 2 N–H and O–H groups in total. The first kappa shape index (κ1) is 15.6. The van der Waals surface area contributed by atoms with E-state index in [0.29, 0.717) is 41.9 Å². The molecule has 0 unspecified atom stereocenters. The van der Waals surface area contributed by atoms with Gasteiger partial charge in [-0.1, -0.05) is 11.6 Å². The van der Waals surface area contributed by atoms with Gasteiger partial charge < -0.3 is 15.1 Å². The Bertz CT molecular complexity index is 838. The van der Waals surface area contributed by atoms with E-state index in [9.17, 15) is 14.4 Å². The number of carbonyl (C=O) groups excluding carboxylic acids is 2. The summed E-state index contributed by atoms with van der Waals surface area (Å²) in [5, 5.41) is 1.08. The molecule has 0 saturated carbocycles. The summed E-state index contributed by atoms with van der Waals surface area (Å²) in [7, 11) is 0. The molecule has 1 aliphatic heterocycles. The van der Waals surface area contributed by atoms with Crippen molar-refractivity contribution in [3.8, 4) is 0 Å². The summed E-state index contributed by atoms with van der Waals surface area (Å²) in [4.78, 5) is 37.3. The van der Waals surface area contributed by atoms with Crippen molar-refractivity contribution < 1.29 is 14.0 Å². The topological polar surface area (TPSA) is 93.6 Å². The van der Waals surface area contributed by atoms with E-state index in [1.54, 1.807) is 23.1 Å². The number of fused-ring (bicyclic) bond motifs is 1. The van der Waals surface area contributed by atoms with Crippen LogP contribution in [0, 0.1) is 5.92 Å². The summed E-state index contributed by atoms with van der Waals surface area (Å²) < 4.78 is 5.18. The number of benzene rings is 1. The van der Waals surface area contributed by atoms with E-state index in [1.165, 1.54) is 6.07 Å². The molecule has 1 fully saturated rings. The molecule has 0 bridgehead atoms. The highest BCUT2D eigenvalue weighted by Gasteiger charge is 2.28. The van der Waals surface area contributed by atoms with Gasteiger partial charge in [0.15, 0.2) is 0 Å². The third kappa shape index (κ3) is 3.07. The number of halogens is 1. The number of primary amides is 1. The number of nitrogens with zero attached hydrogens (tertiary/aromatic N) is 1. The number of nitrogens with two attached hydrogens (primary N) is 1. The second-order valence-electron chi connectivity index (χ2n) is 5.60. The number of carbonyl (C=O) groups is 2. The molecule has 6 nitrogen and oxygen atoms in total. The molecule has 2 aromatic rings. The third-order valence-corrected chi connectivity index (χ3v) is 4.34. The summed E-state index contributed by atoms with van der Waals surface area (Å²) in [5.74, 6) is -0.966. The van der Waals surface area contributed by atoms with Crippen molar-refractivity contribution in [2.24, 2.45) is 11.7 Å². The molecule has 0 atom stereocenters. The fourth-order valence-electron chi connectivity index (χ4n) is 2.78. The van der Waals surface area contributed by atoms with E-state index in [0.717, 1.165) is 0 Å². The Morgan fingerprint density at radius 2 is 1.91 bits per heavy atom. The molecule has 2 heterocycles. The van der Waals surface area contributed by atoms with Crippen molar-refractivity contribution in [3.63, 3.8) is 0 Å². The molecule has 120 valence electrons. The lowest BCUT2D eigenvalue weighted by atomic mass is 9.96.